The van der Waals surface area contributed by atoms with Crippen LogP contribution in [0.25, 0.3) is 56.0 Å². The SMILES string of the molecule is Cc1c2ccc3c(-c4ccc5c(c4)C(C)(C)c4ccc6ccccc6c4-5)ccc(c13)/C=C\CC/C=C\2. The van der Waals surface area contributed by atoms with Gasteiger partial charge in [-0.1, -0.05) is 111 Å². The number of aryl methyl sites for hydroxylation is 1. The predicted octanol–water partition coefficient (Wildman–Crippen LogP) is 10.1. The summed E-state index contributed by atoms with van der Waals surface area (Å²) in [7, 11) is 0. The van der Waals surface area contributed by atoms with Crippen molar-refractivity contribution in [3.05, 3.63) is 119 Å². The summed E-state index contributed by atoms with van der Waals surface area (Å²) in [6.07, 6.45) is 11.4. The van der Waals surface area contributed by atoms with Crippen molar-refractivity contribution in [2.24, 2.45) is 0 Å². The Bertz CT molecular complexity index is 1760. The second-order valence-corrected chi connectivity index (χ2v) is 10.9. The van der Waals surface area contributed by atoms with Gasteiger partial charge in [-0.3, -0.25) is 0 Å². The van der Waals surface area contributed by atoms with E-state index in [0.29, 0.717) is 0 Å². The number of fused-ring (bicyclic) bond motifs is 6. The smallest absolute Gasteiger partial charge is 0.0159 e. The summed E-state index contributed by atoms with van der Waals surface area (Å²) in [5, 5.41) is 5.38. The molecule has 0 N–H and O–H groups in total. The molecule has 2 aliphatic carbocycles. The molecule has 0 aromatic heterocycles. The van der Waals surface area contributed by atoms with E-state index in [9.17, 15) is 0 Å². The number of hydrogen-bond donors (Lipinski definition) is 0. The van der Waals surface area contributed by atoms with Crippen molar-refractivity contribution < 1.29 is 0 Å². The molecule has 0 fully saturated rings. The molecule has 0 spiro atoms. The maximum Gasteiger partial charge on any atom is 0.0159 e. The highest BCUT2D eigenvalue weighted by molar-refractivity contribution is 6.06. The summed E-state index contributed by atoms with van der Waals surface area (Å²) in [4.78, 5) is 0. The number of benzene rings is 5. The lowest BCUT2D eigenvalue weighted by Gasteiger charge is -2.22. The van der Waals surface area contributed by atoms with Gasteiger partial charge < -0.3 is 0 Å². The molecule has 0 saturated carbocycles. The monoisotopic (exact) mass is 462 g/mol. The second-order valence-electron chi connectivity index (χ2n) is 10.9. The van der Waals surface area contributed by atoms with Crippen LogP contribution in [0.1, 0.15) is 54.5 Å². The highest BCUT2D eigenvalue weighted by atomic mass is 14.4. The van der Waals surface area contributed by atoms with Gasteiger partial charge in [0.15, 0.2) is 0 Å². The minimum Gasteiger partial charge on any atom is -0.0836 e. The van der Waals surface area contributed by atoms with Gasteiger partial charge in [0, 0.05) is 5.41 Å². The first-order valence-corrected chi connectivity index (χ1v) is 13.1. The van der Waals surface area contributed by atoms with Crippen molar-refractivity contribution in [2.45, 2.75) is 39.0 Å². The van der Waals surface area contributed by atoms with Crippen LogP contribution in [0.15, 0.2) is 91.0 Å². The third-order valence-electron chi connectivity index (χ3n) is 8.49. The molecule has 5 aromatic rings. The minimum atomic E-state index is -0.0337. The van der Waals surface area contributed by atoms with Gasteiger partial charge in [0.2, 0.25) is 0 Å². The summed E-state index contributed by atoms with van der Waals surface area (Å²) in [5.74, 6) is 0. The molecule has 2 bridgehead atoms. The molecule has 0 nitrogen and oxygen atoms in total. The Kier molecular flexibility index (Phi) is 4.63. The van der Waals surface area contributed by atoms with E-state index >= 15 is 0 Å². The molecule has 5 aromatic carbocycles. The average Bonchev–Trinajstić information content (AvgIpc) is 3.13. The molecule has 0 atom stereocenters. The lowest BCUT2D eigenvalue weighted by molar-refractivity contribution is 0.661. The van der Waals surface area contributed by atoms with Gasteiger partial charge in [-0.15, -0.1) is 0 Å². The zero-order valence-electron chi connectivity index (χ0n) is 21.2. The minimum absolute atomic E-state index is 0.0337. The number of hydrogen-bond acceptors (Lipinski definition) is 0. The molecule has 2 aliphatic rings. The van der Waals surface area contributed by atoms with Crippen LogP contribution < -0.4 is 0 Å². The van der Waals surface area contributed by atoms with Crippen molar-refractivity contribution >= 4 is 33.7 Å². The Labute approximate surface area is 213 Å². The second kappa shape index (κ2) is 7.80. The summed E-state index contributed by atoms with van der Waals surface area (Å²) in [6.45, 7) is 7.03. The first-order valence-electron chi connectivity index (χ1n) is 13.1. The average molecular weight is 463 g/mol. The van der Waals surface area contributed by atoms with Crippen LogP contribution in [0.4, 0.5) is 0 Å². The van der Waals surface area contributed by atoms with E-state index in [1.165, 1.54) is 71.6 Å². The van der Waals surface area contributed by atoms with Crippen LogP contribution in [-0.4, -0.2) is 0 Å². The van der Waals surface area contributed by atoms with Crippen LogP contribution in [0, 0.1) is 6.92 Å². The van der Waals surface area contributed by atoms with E-state index in [1.807, 2.05) is 0 Å². The molecule has 0 heterocycles. The Morgan fingerprint density at radius 2 is 1.39 bits per heavy atom. The summed E-state index contributed by atoms with van der Waals surface area (Å²) < 4.78 is 0. The quantitative estimate of drug-likeness (QED) is 0.232. The van der Waals surface area contributed by atoms with Crippen LogP contribution in [0.3, 0.4) is 0 Å². The molecular formula is C36H30. The fourth-order valence-corrected chi connectivity index (χ4v) is 6.53. The molecule has 174 valence electrons. The van der Waals surface area contributed by atoms with E-state index in [4.69, 9.17) is 0 Å². The molecule has 7 rings (SSSR count). The largest absolute Gasteiger partial charge is 0.0836 e. The molecule has 0 aliphatic heterocycles. The third-order valence-corrected chi connectivity index (χ3v) is 8.49. The van der Waals surface area contributed by atoms with Gasteiger partial charge in [-0.05, 0) is 97.4 Å². The maximum absolute atomic E-state index is 2.46. The first-order chi connectivity index (χ1) is 17.5. The van der Waals surface area contributed by atoms with Gasteiger partial charge >= 0.3 is 0 Å². The van der Waals surface area contributed by atoms with Gasteiger partial charge in [0.05, 0.1) is 0 Å². The van der Waals surface area contributed by atoms with Crippen LogP contribution in [0.5, 0.6) is 0 Å². The van der Waals surface area contributed by atoms with Crippen molar-refractivity contribution in [3.63, 3.8) is 0 Å². The molecule has 0 radical (unpaired) electrons. The van der Waals surface area contributed by atoms with Gasteiger partial charge in [0.1, 0.15) is 0 Å². The van der Waals surface area contributed by atoms with Crippen LogP contribution in [-0.2, 0) is 5.41 Å². The highest BCUT2D eigenvalue weighted by Crippen LogP contribution is 2.52. The summed E-state index contributed by atoms with van der Waals surface area (Å²) >= 11 is 0. The molecule has 0 unspecified atom stereocenters. The Morgan fingerprint density at radius 1 is 0.639 bits per heavy atom. The normalized spacial score (nSPS) is 17.2. The fraction of sp³-hybridized carbons (Fsp3) is 0.167. The van der Waals surface area contributed by atoms with Gasteiger partial charge in [-0.25, -0.2) is 0 Å². The lowest BCUT2D eigenvalue weighted by Crippen LogP contribution is -2.15. The molecule has 36 heavy (non-hydrogen) atoms. The van der Waals surface area contributed by atoms with Crippen molar-refractivity contribution in [1.29, 1.82) is 0 Å². The van der Waals surface area contributed by atoms with Crippen molar-refractivity contribution in [1.82, 2.24) is 0 Å². The number of allylic oxidation sites excluding steroid dienone is 2. The Morgan fingerprint density at radius 3 is 2.25 bits per heavy atom. The predicted molar refractivity (Wildman–Crippen MR) is 156 cm³/mol. The fourth-order valence-electron chi connectivity index (χ4n) is 6.53. The first kappa shape index (κ1) is 21.4. The van der Waals surface area contributed by atoms with Crippen molar-refractivity contribution in [2.75, 3.05) is 0 Å². The van der Waals surface area contributed by atoms with E-state index in [1.54, 1.807) is 0 Å². The molecule has 0 heteroatoms. The number of rotatable bonds is 1. The zero-order valence-corrected chi connectivity index (χ0v) is 21.2. The zero-order chi connectivity index (χ0) is 24.4. The molecule has 0 amide bonds. The Balaban J connectivity index is 1.47. The lowest BCUT2D eigenvalue weighted by atomic mass is 9.81. The van der Waals surface area contributed by atoms with E-state index < -0.39 is 0 Å². The Hall–Kier alpha value is -3.90. The summed E-state index contributed by atoms with van der Waals surface area (Å²) in [6, 6.07) is 29.9. The van der Waals surface area contributed by atoms with Crippen LogP contribution >= 0.6 is 0 Å². The standard InChI is InChI=1S/C36H30/c1-23-24-10-6-4-5-7-12-26-15-18-28(30(19-14-24)34(23)26)27-16-20-31-33(22-27)36(2,3)32-21-17-25-11-8-9-13-29(25)35(31)32/h6-22H,4-5H2,1-3H3/b10-6-,12-7-. The maximum atomic E-state index is 2.46. The van der Waals surface area contributed by atoms with Gasteiger partial charge in [-0.2, -0.15) is 0 Å². The van der Waals surface area contributed by atoms with Gasteiger partial charge in [0.25, 0.3) is 0 Å². The van der Waals surface area contributed by atoms with E-state index in [2.05, 4.69) is 124 Å². The molecular weight excluding hydrogens is 432 g/mol. The topological polar surface area (TPSA) is 0 Å². The van der Waals surface area contributed by atoms with Crippen LogP contribution in [0.2, 0.25) is 0 Å². The summed E-state index contributed by atoms with van der Waals surface area (Å²) in [5.41, 5.74) is 12.2. The molecule has 0 saturated heterocycles. The van der Waals surface area contributed by atoms with Crippen molar-refractivity contribution in [3.8, 4) is 22.3 Å². The van der Waals surface area contributed by atoms with E-state index in [-0.39, 0.29) is 5.41 Å². The van der Waals surface area contributed by atoms with E-state index in [0.717, 1.165) is 12.8 Å². The third kappa shape index (κ3) is 3.00. The highest BCUT2D eigenvalue weighted by Gasteiger charge is 2.36.